The summed E-state index contributed by atoms with van der Waals surface area (Å²) in [5, 5.41) is 12.2. The minimum Gasteiger partial charge on any atom is -0.497 e. The predicted molar refractivity (Wildman–Crippen MR) is 202 cm³/mol. The lowest BCUT2D eigenvalue weighted by Crippen LogP contribution is -2.56. The van der Waals surface area contributed by atoms with Gasteiger partial charge in [0.25, 0.3) is 0 Å². The van der Waals surface area contributed by atoms with Crippen LogP contribution in [0.1, 0.15) is 61.0 Å². The lowest BCUT2D eigenvalue weighted by molar-refractivity contribution is -0.0988. The smallest absolute Gasteiger partial charge is 0.192 e. The van der Waals surface area contributed by atoms with E-state index < -0.39 is 40.4 Å². The first-order valence-corrected chi connectivity index (χ1v) is 23.6. The number of hydrogen-bond donors (Lipinski definition) is 1. The van der Waals surface area contributed by atoms with Crippen LogP contribution in [0.2, 0.25) is 36.3 Å². The van der Waals surface area contributed by atoms with Crippen molar-refractivity contribution in [3.05, 3.63) is 42.5 Å². The fraction of sp³-hybridized carbons (Fsp3) is 0.789. The largest absolute Gasteiger partial charge is 0.497 e. The highest BCUT2D eigenvalue weighted by molar-refractivity contribution is 6.74. The monoisotopic (exact) mass is 726 g/mol. The van der Waals surface area contributed by atoms with Gasteiger partial charge in [-0.25, -0.2) is 0 Å². The topological polar surface area (TPSA) is 97.4 Å². The van der Waals surface area contributed by atoms with E-state index in [0.29, 0.717) is 33.0 Å². The van der Waals surface area contributed by atoms with Crippen LogP contribution < -0.4 is 4.74 Å². The van der Waals surface area contributed by atoms with Crippen molar-refractivity contribution >= 4 is 16.6 Å². The van der Waals surface area contributed by atoms with E-state index in [-0.39, 0.29) is 41.4 Å². The Labute approximate surface area is 300 Å². The van der Waals surface area contributed by atoms with E-state index in [1.807, 2.05) is 24.3 Å². The Kier molecular flexibility index (Phi) is 16.7. The number of hydrogen-bond acceptors (Lipinski definition) is 9. The van der Waals surface area contributed by atoms with Gasteiger partial charge in [-0.2, -0.15) is 0 Å². The maximum Gasteiger partial charge on any atom is 0.192 e. The summed E-state index contributed by atoms with van der Waals surface area (Å²) in [6.07, 6.45) is 0.349. The number of rotatable bonds is 23. The van der Waals surface area contributed by atoms with E-state index in [1.165, 1.54) is 0 Å². The Morgan fingerprint density at radius 2 is 1.51 bits per heavy atom. The van der Waals surface area contributed by atoms with Gasteiger partial charge in [-0.3, -0.25) is 0 Å². The molecule has 1 N–H and O–H groups in total. The van der Waals surface area contributed by atoms with Crippen LogP contribution in [0.25, 0.3) is 0 Å². The molecule has 1 aliphatic heterocycles. The van der Waals surface area contributed by atoms with E-state index in [2.05, 4.69) is 88.2 Å². The fourth-order valence-corrected chi connectivity index (χ4v) is 7.84. The van der Waals surface area contributed by atoms with Gasteiger partial charge >= 0.3 is 0 Å². The molecule has 1 aliphatic rings. The van der Waals surface area contributed by atoms with Crippen LogP contribution in [0.3, 0.4) is 0 Å². The van der Waals surface area contributed by atoms with Gasteiger partial charge in [-0.05, 0) is 60.9 Å². The van der Waals surface area contributed by atoms with Gasteiger partial charge in [0.2, 0.25) is 0 Å². The molecule has 0 saturated carbocycles. The molecule has 0 bridgehead atoms. The maximum absolute atomic E-state index is 12.3. The van der Waals surface area contributed by atoms with Gasteiger partial charge in [-0.15, -0.1) is 6.58 Å². The number of aliphatic hydroxyl groups excluding tert-OH is 1. The molecule has 1 heterocycles. The molecule has 2 rings (SSSR count). The van der Waals surface area contributed by atoms with Crippen molar-refractivity contribution in [2.45, 2.75) is 122 Å². The molecule has 0 radical (unpaired) electrons. The molecule has 7 atom stereocenters. The van der Waals surface area contributed by atoms with Crippen molar-refractivity contribution in [1.82, 2.24) is 0 Å². The summed E-state index contributed by atoms with van der Waals surface area (Å²) >= 11 is 0. The lowest BCUT2D eigenvalue weighted by Gasteiger charge is -2.46. The molecule has 284 valence electrons. The molecular formula is C38H70O9Si2. The third-order valence-electron chi connectivity index (χ3n) is 10.9. The number of epoxide rings is 1. The first kappa shape index (κ1) is 44.0. The molecule has 0 aromatic heterocycles. The SMILES string of the molecule is C=C[C@@H](COCOCCOC)[C@@H](O)[C@H](CO[Si](C)(C)C(C)(C)C)[C@H](O[Si](C)(C)C(C)(C)C)[C@]1(C)O[C@@H]1[C@@H](C)COCc1ccc(OC)cc1. The van der Waals surface area contributed by atoms with E-state index >= 15 is 0 Å². The Morgan fingerprint density at radius 3 is 2.04 bits per heavy atom. The summed E-state index contributed by atoms with van der Waals surface area (Å²) in [6, 6.07) is 7.92. The van der Waals surface area contributed by atoms with Crippen LogP contribution >= 0.6 is 0 Å². The Balaban J connectivity index is 2.39. The second kappa shape index (κ2) is 18.6. The summed E-state index contributed by atoms with van der Waals surface area (Å²) in [5.41, 5.74) is 0.427. The molecule has 49 heavy (non-hydrogen) atoms. The van der Waals surface area contributed by atoms with E-state index in [0.717, 1.165) is 11.3 Å². The highest BCUT2D eigenvalue weighted by Gasteiger charge is 2.64. The first-order chi connectivity index (χ1) is 22.6. The number of aliphatic hydroxyl groups is 1. The summed E-state index contributed by atoms with van der Waals surface area (Å²) in [5.74, 6) is 0.125. The Morgan fingerprint density at radius 1 is 0.898 bits per heavy atom. The fourth-order valence-electron chi connectivity index (χ4n) is 5.40. The molecule has 1 fully saturated rings. The summed E-state index contributed by atoms with van der Waals surface area (Å²) in [4.78, 5) is 0. The third kappa shape index (κ3) is 12.5. The zero-order chi connectivity index (χ0) is 37.3. The Bertz CT molecular complexity index is 1120. The lowest BCUT2D eigenvalue weighted by atomic mass is 9.80. The van der Waals surface area contributed by atoms with Crippen molar-refractivity contribution < 1.29 is 42.4 Å². The standard InChI is InChI=1S/C38H70O9Si2/c1-16-30(25-44-27-42-22-21-40-10)33(39)32(26-45-48(12,13)36(3,4)5)35(47-49(14,15)37(6,7)8)38(9)34(46-38)28(2)23-43-24-29-17-19-31(41-11)20-18-29/h16-20,28,30,32-35,39H,1,21-27H2,2-15H3/t28-,30-,32-,33+,34+,35-,38+/m0/s1. The third-order valence-corrected chi connectivity index (χ3v) is 19.9. The van der Waals surface area contributed by atoms with Crippen LogP contribution in [0.15, 0.2) is 36.9 Å². The van der Waals surface area contributed by atoms with Crippen LogP contribution in [0.5, 0.6) is 5.75 Å². The van der Waals surface area contributed by atoms with Crippen LogP contribution in [0.4, 0.5) is 0 Å². The quantitative estimate of drug-likeness (QED) is 0.0398. The van der Waals surface area contributed by atoms with Gasteiger partial charge < -0.3 is 42.4 Å². The molecular weight excluding hydrogens is 657 g/mol. The predicted octanol–water partition coefficient (Wildman–Crippen LogP) is 7.83. The Hall–Kier alpha value is -1.13. The van der Waals surface area contributed by atoms with Gasteiger partial charge in [0.1, 0.15) is 18.1 Å². The van der Waals surface area contributed by atoms with Crippen LogP contribution in [0, 0.1) is 17.8 Å². The number of benzene rings is 1. The van der Waals surface area contributed by atoms with E-state index in [4.69, 9.17) is 37.3 Å². The molecule has 0 spiro atoms. The zero-order valence-electron chi connectivity index (χ0n) is 33.2. The summed E-state index contributed by atoms with van der Waals surface area (Å²) in [7, 11) is -1.25. The molecule has 9 nitrogen and oxygen atoms in total. The second-order valence-electron chi connectivity index (χ2n) is 16.9. The highest BCUT2D eigenvalue weighted by Crippen LogP contribution is 2.51. The first-order valence-electron chi connectivity index (χ1n) is 17.8. The van der Waals surface area contributed by atoms with Crippen molar-refractivity contribution in [2.24, 2.45) is 17.8 Å². The van der Waals surface area contributed by atoms with E-state index in [1.54, 1.807) is 20.3 Å². The molecule has 11 heteroatoms. The molecule has 0 unspecified atom stereocenters. The van der Waals surface area contributed by atoms with E-state index in [9.17, 15) is 5.11 Å². The van der Waals surface area contributed by atoms with Crippen molar-refractivity contribution in [2.75, 3.05) is 54.0 Å². The molecule has 1 saturated heterocycles. The number of methoxy groups -OCH3 is 2. The zero-order valence-corrected chi connectivity index (χ0v) is 35.2. The van der Waals surface area contributed by atoms with Crippen molar-refractivity contribution in [3.63, 3.8) is 0 Å². The van der Waals surface area contributed by atoms with Gasteiger partial charge in [0, 0.05) is 31.5 Å². The van der Waals surface area contributed by atoms with Crippen LogP contribution in [-0.2, 0) is 39.1 Å². The number of ether oxygens (including phenoxy) is 6. The molecule has 0 amide bonds. The summed E-state index contributed by atoms with van der Waals surface area (Å²) < 4.78 is 48.8. The second-order valence-corrected chi connectivity index (χ2v) is 26.4. The molecule has 0 aliphatic carbocycles. The van der Waals surface area contributed by atoms with Crippen molar-refractivity contribution in [1.29, 1.82) is 0 Å². The van der Waals surface area contributed by atoms with Crippen LogP contribution in [-0.4, -0.2) is 99.7 Å². The minimum absolute atomic E-state index is 0.00294. The van der Waals surface area contributed by atoms with Crippen molar-refractivity contribution in [3.8, 4) is 5.75 Å². The highest BCUT2D eigenvalue weighted by atomic mass is 28.4. The maximum atomic E-state index is 12.3. The molecule has 1 aromatic rings. The normalized spacial score (nSPS) is 21.9. The average molecular weight is 727 g/mol. The minimum atomic E-state index is -2.35. The average Bonchev–Trinajstić information content (AvgIpc) is 3.71. The summed E-state index contributed by atoms with van der Waals surface area (Å²) in [6.45, 7) is 33.4. The van der Waals surface area contributed by atoms with Gasteiger partial charge in [0.15, 0.2) is 16.6 Å². The van der Waals surface area contributed by atoms with Gasteiger partial charge in [0.05, 0.1) is 58.5 Å². The van der Waals surface area contributed by atoms with Gasteiger partial charge in [-0.1, -0.05) is 66.7 Å². The molecule has 1 aromatic carbocycles.